The topological polar surface area (TPSA) is 60.1 Å². The number of nitrogens with one attached hydrogen (secondary N) is 1. The van der Waals surface area contributed by atoms with Gasteiger partial charge in [-0.15, -0.1) is 0 Å². The van der Waals surface area contributed by atoms with E-state index in [0.29, 0.717) is 12.8 Å². The van der Waals surface area contributed by atoms with E-state index in [9.17, 15) is 5.21 Å². The number of hydroxylamine groups is 2. The molecule has 1 saturated heterocycles. The molecular weight excluding hydrogens is 168 g/mol. The van der Waals surface area contributed by atoms with Gasteiger partial charge >= 0.3 is 0 Å². The first-order valence-electron chi connectivity index (χ1n) is 4.54. The Hall–Kier alpha value is -0.610. The molecule has 0 unspecified atom stereocenters. The van der Waals surface area contributed by atoms with Crippen molar-refractivity contribution in [1.82, 2.24) is 0 Å². The number of hydrogen-bond acceptors (Lipinski definition) is 3. The molecule has 0 spiro atoms. The van der Waals surface area contributed by atoms with Crippen LogP contribution in [0.3, 0.4) is 0 Å². The molecule has 4 nitrogen and oxygen atoms in total. The summed E-state index contributed by atoms with van der Waals surface area (Å²) in [6, 6.07) is 0. The second kappa shape index (κ2) is 2.96. The molecule has 0 saturated carbocycles. The Morgan fingerprint density at radius 1 is 1.23 bits per heavy atom. The van der Waals surface area contributed by atoms with Crippen LogP contribution in [-0.4, -0.2) is 22.0 Å². The fourth-order valence-electron chi connectivity index (χ4n) is 2.23. The highest BCUT2D eigenvalue weighted by Gasteiger charge is 2.43. The molecule has 1 aliphatic heterocycles. The predicted molar refractivity (Wildman–Crippen MR) is 50.9 cm³/mol. The third kappa shape index (κ3) is 1.84. The normalized spacial score (nSPS) is 31.5. The molecule has 1 aliphatic rings. The van der Waals surface area contributed by atoms with Gasteiger partial charge in [0.2, 0.25) is 0 Å². The standard InChI is InChI=1S/C9H18N2O2/c1-8(2)5-7(10-12)6-9(3,4)11(8)13/h11-12H,5-6H2,1-4H3. The number of nitrogens with zero attached hydrogens (tertiary/aromatic N) is 1. The molecule has 0 aliphatic carbocycles. The van der Waals surface area contributed by atoms with Crippen molar-refractivity contribution in [3.8, 4) is 0 Å². The first-order valence-corrected chi connectivity index (χ1v) is 4.54. The molecule has 0 bridgehead atoms. The predicted octanol–water partition coefficient (Wildman–Crippen LogP) is 0.550. The zero-order valence-corrected chi connectivity index (χ0v) is 8.72. The quantitative estimate of drug-likeness (QED) is 0.330. The van der Waals surface area contributed by atoms with E-state index in [1.807, 2.05) is 27.7 Å². The highest BCUT2D eigenvalue weighted by Crippen LogP contribution is 2.20. The van der Waals surface area contributed by atoms with Crippen molar-refractivity contribution >= 4 is 5.71 Å². The average Bonchev–Trinajstić information content (AvgIpc) is 1.99. The molecule has 1 rings (SSSR count). The lowest BCUT2D eigenvalue weighted by molar-refractivity contribution is -0.950. The van der Waals surface area contributed by atoms with Crippen LogP contribution in [0, 0.1) is 5.21 Å². The first-order chi connectivity index (χ1) is 5.79. The molecule has 4 heteroatoms. The minimum absolute atomic E-state index is 0.257. The monoisotopic (exact) mass is 186 g/mol. The lowest BCUT2D eigenvalue weighted by atomic mass is 9.81. The third-order valence-corrected chi connectivity index (χ3v) is 2.66. The van der Waals surface area contributed by atoms with Crippen LogP contribution >= 0.6 is 0 Å². The number of hydrogen-bond donors (Lipinski definition) is 2. The minimum Gasteiger partial charge on any atom is -0.634 e. The molecular formula is C9H18N2O2. The lowest BCUT2D eigenvalue weighted by Crippen LogP contribution is -3.23. The minimum atomic E-state index is -0.386. The molecule has 0 aromatic carbocycles. The number of quaternary nitrogens is 1. The maximum atomic E-state index is 11.9. The Bertz CT molecular complexity index is 214. The SMILES string of the molecule is CC1(C)CC(=NO)CC(C)(C)[NH+]1[O-]. The molecule has 1 heterocycles. The summed E-state index contributed by atoms with van der Waals surface area (Å²) in [6.45, 7) is 7.62. The second-order valence-electron chi connectivity index (χ2n) is 5.12. The van der Waals surface area contributed by atoms with Crippen LogP contribution in [0.1, 0.15) is 40.5 Å². The Morgan fingerprint density at radius 2 is 1.62 bits per heavy atom. The Kier molecular flexibility index (Phi) is 2.38. The van der Waals surface area contributed by atoms with Gasteiger partial charge in [0.25, 0.3) is 0 Å². The third-order valence-electron chi connectivity index (χ3n) is 2.66. The summed E-state index contributed by atoms with van der Waals surface area (Å²) in [5.41, 5.74) is -0.0401. The smallest absolute Gasteiger partial charge is 0.0975 e. The van der Waals surface area contributed by atoms with Gasteiger partial charge in [0, 0.05) is 12.8 Å². The highest BCUT2D eigenvalue weighted by atomic mass is 16.5. The van der Waals surface area contributed by atoms with Crippen molar-refractivity contribution in [2.45, 2.75) is 51.6 Å². The van der Waals surface area contributed by atoms with E-state index in [4.69, 9.17) is 5.21 Å². The van der Waals surface area contributed by atoms with Crippen molar-refractivity contribution in [2.75, 3.05) is 0 Å². The van der Waals surface area contributed by atoms with Gasteiger partial charge in [-0.25, -0.2) is 0 Å². The lowest BCUT2D eigenvalue weighted by Gasteiger charge is -2.52. The van der Waals surface area contributed by atoms with Gasteiger partial charge in [-0.1, -0.05) is 5.16 Å². The summed E-state index contributed by atoms with van der Waals surface area (Å²) in [6.07, 6.45) is 1.15. The van der Waals surface area contributed by atoms with Crippen molar-refractivity contribution in [3.05, 3.63) is 5.21 Å². The summed E-state index contributed by atoms with van der Waals surface area (Å²) in [7, 11) is 0. The number of oxime groups is 1. The van der Waals surface area contributed by atoms with E-state index < -0.39 is 0 Å². The summed E-state index contributed by atoms with van der Waals surface area (Å²) >= 11 is 0. The Labute approximate surface area is 78.8 Å². The van der Waals surface area contributed by atoms with E-state index in [-0.39, 0.29) is 16.1 Å². The molecule has 0 radical (unpaired) electrons. The molecule has 76 valence electrons. The maximum Gasteiger partial charge on any atom is 0.0975 e. The zero-order valence-electron chi connectivity index (χ0n) is 8.72. The van der Waals surface area contributed by atoms with E-state index in [2.05, 4.69) is 5.16 Å². The summed E-state index contributed by atoms with van der Waals surface area (Å²) in [4.78, 5) is 0. The Balaban J connectivity index is 2.95. The van der Waals surface area contributed by atoms with E-state index in [1.165, 1.54) is 0 Å². The van der Waals surface area contributed by atoms with Crippen LogP contribution < -0.4 is 5.06 Å². The van der Waals surface area contributed by atoms with Gasteiger partial charge in [0.15, 0.2) is 0 Å². The molecule has 1 fully saturated rings. The van der Waals surface area contributed by atoms with Gasteiger partial charge < -0.3 is 15.5 Å². The molecule has 13 heavy (non-hydrogen) atoms. The van der Waals surface area contributed by atoms with Gasteiger partial charge in [-0.2, -0.15) is 0 Å². The molecule has 0 aromatic heterocycles. The van der Waals surface area contributed by atoms with Gasteiger partial charge in [-0.3, -0.25) is 0 Å². The van der Waals surface area contributed by atoms with Crippen molar-refractivity contribution in [1.29, 1.82) is 0 Å². The van der Waals surface area contributed by atoms with Crippen LogP contribution in [0.15, 0.2) is 5.16 Å². The summed E-state index contributed by atoms with van der Waals surface area (Å²) < 4.78 is 0. The van der Waals surface area contributed by atoms with Gasteiger partial charge in [-0.05, 0) is 27.7 Å². The first kappa shape index (κ1) is 10.5. The molecule has 0 aromatic rings. The van der Waals surface area contributed by atoms with E-state index >= 15 is 0 Å². The summed E-state index contributed by atoms with van der Waals surface area (Å²) in [5.74, 6) is 0. The highest BCUT2D eigenvalue weighted by molar-refractivity contribution is 5.86. The maximum absolute atomic E-state index is 11.9. The van der Waals surface area contributed by atoms with Crippen molar-refractivity contribution in [3.63, 3.8) is 0 Å². The van der Waals surface area contributed by atoms with Crippen LogP contribution in [0.5, 0.6) is 0 Å². The summed E-state index contributed by atoms with van der Waals surface area (Å²) in [5, 5.41) is 24.1. The number of piperidine rings is 1. The average molecular weight is 186 g/mol. The van der Waals surface area contributed by atoms with Crippen molar-refractivity contribution in [2.24, 2.45) is 5.16 Å². The van der Waals surface area contributed by atoms with Crippen LogP contribution in [0.2, 0.25) is 0 Å². The zero-order chi connectivity index (χ0) is 10.3. The van der Waals surface area contributed by atoms with E-state index in [0.717, 1.165) is 5.71 Å². The Morgan fingerprint density at radius 3 is 1.92 bits per heavy atom. The van der Waals surface area contributed by atoms with E-state index in [1.54, 1.807) is 0 Å². The largest absolute Gasteiger partial charge is 0.634 e. The number of rotatable bonds is 0. The van der Waals surface area contributed by atoms with Crippen LogP contribution in [0.25, 0.3) is 0 Å². The van der Waals surface area contributed by atoms with Crippen LogP contribution in [0.4, 0.5) is 0 Å². The van der Waals surface area contributed by atoms with Crippen molar-refractivity contribution < 1.29 is 10.3 Å². The fraction of sp³-hybridized carbons (Fsp3) is 0.889. The fourth-order valence-corrected chi connectivity index (χ4v) is 2.23. The molecule has 2 N–H and O–H groups in total. The second-order valence-corrected chi connectivity index (χ2v) is 5.12. The molecule has 0 atom stereocenters. The van der Waals surface area contributed by atoms with Crippen LogP contribution in [-0.2, 0) is 0 Å². The van der Waals surface area contributed by atoms with Gasteiger partial charge in [0.1, 0.15) is 0 Å². The van der Waals surface area contributed by atoms with Gasteiger partial charge in [0.05, 0.1) is 16.8 Å². The molecule has 0 amide bonds.